The second-order valence-electron chi connectivity index (χ2n) is 4.52. The molecule has 0 aliphatic carbocycles. The van der Waals surface area contributed by atoms with E-state index in [0.29, 0.717) is 23.5 Å². The van der Waals surface area contributed by atoms with Gasteiger partial charge in [0.2, 0.25) is 6.79 Å². The Hall–Kier alpha value is -1.56. The molecular weight excluding hydrogens is 268 g/mol. The van der Waals surface area contributed by atoms with Crippen LogP contribution in [-0.4, -0.2) is 32.0 Å². The molecule has 1 aromatic carbocycles. The van der Waals surface area contributed by atoms with Crippen LogP contribution in [0.2, 0.25) is 0 Å². The third-order valence-electron chi connectivity index (χ3n) is 3.21. The average molecular weight is 284 g/mol. The molecule has 0 N–H and O–H groups in total. The van der Waals surface area contributed by atoms with Gasteiger partial charge in [-0.15, -0.1) is 0 Å². The van der Waals surface area contributed by atoms with E-state index in [1.807, 2.05) is 0 Å². The van der Waals surface area contributed by atoms with Crippen LogP contribution >= 0.6 is 0 Å². The van der Waals surface area contributed by atoms with E-state index in [1.54, 1.807) is 26.0 Å². The molecule has 1 heterocycles. The van der Waals surface area contributed by atoms with E-state index >= 15 is 0 Å². The molecule has 2 rings (SSSR count). The van der Waals surface area contributed by atoms with Crippen molar-refractivity contribution in [3.05, 3.63) is 23.8 Å². The van der Waals surface area contributed by atoms with Crippen LogP contribution in [-0.2, 0) is 9.84 Å². The standard InChI is InChI=1S/C13H16O5S/c1-3-9(2)19(15,16)7-11(14)10-4-5-12-13(6-10)18-8-17-12/h4-6,9H,3,7-8H2,1-2H3. The maximum absolute atomic E-state index is 12.0. The van der Waals surface area contributed by atoms with Gasteiger partial charge in [-0.25, -0.2) is 8.42 Å². The number of carbonyl (C=O) groups excluding carboxylic acids is 1. The number of Topliss-reactive ketones (excluding diaryl/α,β-unsaturated/α-hetero) is 1. The first-order valence-corrected chi connectivity index (χ1v) is 7.80. The van der Waals surface area contributed by atoms with Crippen molar-refractivity contribution < 1.29 is 22.7 Å². The van der Waals surface area contributed by atoms with E-state index in [0.717, 1.165) is 0 Å². The maximum atomic E-state index is 12.0. The van der Waals surface area contributed by atoms with Gasteiger partial charge in [-0.05, 0) is 31.5 Å². The number of sulfone groups is 1. The number of fused-ring (bicyclic) bond motifs is 1. The second-order valence-corrected chi connectivity index (χ2v) is 6.94. The Labute approximate surface area is 112 Å². The molecule has 5 nitrogen and oxygen atoms in total. The summed E-state index contributed by atoms with van der Waals surface area (Å²) in [6.45, 7) is 3.52. The Morgan fingerprint density at radius 1 is 1.32 bits per heavy atom. The van der Waals surface area contributed by atoms with Crippen molar-refractivity contribution >= 4 is 15.6 Å². The third-order valence-corrected chi connectivity index (χ3v) is 5.44. The Morgan fingerprint density at radius 2 is 2.00 bits per heavy atom. The quantitative estimate of drug-likeness (QED) is 0.771. The number of rotatable bonds is 5. The minimum absolute atomic E-state index is 0.123. The SMILES string of the molecule is CCC(C)S(=O)(=O)CC(=O)c1ccc2c(c1)OCO2. The van der Waals surface area contributed by atoms with E-state index in [2.05, 4.69) is 0 Å². The highest BCUT2D eigenvalue weighted by molar-refractivity contribution is 7.92. The lowest BCUT2D eigenvalue weighted by atomic mass is 10.1. The lowest BCUT2D eigenvalue weighted by Crippen LogP contribution is -2.25. The Balaban J connectivity index is 2.17. The molecule has 0 aromatic heterocycles. The van der Waals surface area contributed by atoms with Gasteiger partial charge in [0.1, 0.15) is 5.75 Å². The first-order valence-electron chi connectivity index (χ1n) is 6.08. The summed E-state index contributed by atoms with van der Waals surface area (Å²) >= 11 is 0. The lowest BCUT2D eigenvalue weighted by molar-refractivity contribution is 0.102. The number of hydrogen-bond acceptors (Lipinski definition) is 5. The van der Waals surface area contributed by atoms with Crippen LogP contribution in [0, 0.1) is 0 Å². The van der Waals surface area contributed by atoms with Gasteiger partial charge in [-0.1, -0.05) is 6.92 Å². The Kier molecular flexibility index (Phi) is 3.80. The van der Waals surface area contributed by atoms with Crippen LogP contribution in [0.25, 0.3) is 0 Å². The minimum atomic E-state index is -3.39. The lowest BCUT2D eigenvalue weighted by Gasteiger charge is -2.09. The van der Waals surface area contributed by atoms with Crippen LogP contribution in [0.15, 0.2) is 18.2 Å². The first-order chi connectivity index (χ1) is 8.94. The molecular formula is C13H16O5S. The van der Waals surface area contributed by atoms with E-state index in [4.69, 9.17) is 9.47 Å². The monoisotopic (exact) mass is 284 g/mol. The highest BCUT2D eigenvalue weighted by atomic mass is 32.2. The summed E-state index contributed by atoms with van der Waals surface area (Å²) in [7, 11) is -3.39. The van der Waals surface area contributed by atoms with E-state index in [1.165, 1.54) is 6.07 Å². The van der Waals surface area contributed by atoms with Crippen molar-refractivity contribution in [2.24, 2.45) is 0 Å². The van der Waals surface area contributed by atoms with Crippen molar-refractivity contribution in [1.29, 1.82) is 0 Å². The third kappa shape index (κ3) is 2.89. The molecule has 0 radical (unpaired) electrons. The molecule has 0 saturated carbocycles. The number of hydrogen-bond donors (Lipinski definition) is 0. The summed E-state index contributed by atoms with van der Waals surface area (Å²) in [5.74, 6) is 0.161. The fourth-order valence-electron chi connectivity index (χ4n) is 1.73. The zero-order valence-electron chi connectivity index (χ0n) is 10.9. The van der Waals surface area contributed by atoms with Gasteiger partial charge in [-0.3, -0.25) is 4.79 Å². The number of ether oxygens (including phenoxy) is 2. The topological polar surface area (TPSA) is 69.7 Å². The molecule has 1 aliphatic rings. The van der Waals surface area contributed by atoms with Crippen molar-refractivity contribution in [2.75, 3.05) is 12.5 Å². The summed E-state index contributed by atoms with van der Waals surface area (Å²) in [4.78, 5) is 12.0. The average Bonchev–Trinajstić information content (AvgIpc) is 2.84. The molecule has 1 aromatic rings. The predicted molar refractivity (Wildman–Crippen MR) is 70.4 cm³/mol. The van der Waals surface area contributed by atoms with Crippen molar-refractivity contribution in [3.8, 4) is 11.5 Å². The molecule has 6 heteroatoms. The fourth-order valence-corrected chi connectivity index (χ4v) is 3.06. The van der Waals surface area contributed by atoms with Crippen LogP contribution in [0.5, 0.6) is 11.5 Å². The Morgan fingerprint density at radius 3 is 2.68 bits per heavy atom. The van der Waals surface area contributed by atoms with E-state index in [9.17, 15) is 13.2 Å². The van der Waals surface area contributed by atoms with Gasteiger partial charge in [0.25, 0.3) is 0 Å². The van der Waals surface area contributed by atoms with Gasteiger partial charge in [-0.2, -0.15) is 0 Å². The summed E-state index contributed by atoms with van der Waals surface area (Å²) in [6.07, 6.45) is 0.497. The molecule has 0 spiro atoms. The van der Waals surface area contributed by atoms with Crippen LogP contribution < -0.4 is 9.47 Å². The molecule has 0 saturated heterocycles. The highest BCUT2D eigenvalue weighted by Gasteiger charge is 2.24. The molecule has 19 heavy (non-hydrogen) atoms. The van der Waals surface area contributed by atoms with Crippen LogP contribution in [0.1, 0.15) is 30.6 Å². The van der Waals surface area contributed by atoms with Gasteiger partial charge >= 0.3 is 0 Å². The smallest absolute Gasteiger partial charge is 0.231 e. The summed E-state index contributed by atoms with van der Waals surface area (Å²) in [5, 5.41) is -0.509. The van der Waals surface area contributed by atoms with Crippen molar-refractivity contribution in [1.82, 2.24) is 0 Å². The number of carbonyl (C=O) groups is 1. The zero-order chi connectivity index (χ0) is 14.0. The maximum Gasteiger partial charge on any atom is 0.231 e. The van der Waals surface area contributed by atoms with E-state index < -0.39 is 26.6 Å². The molecule has 0 fully saturated rings. The largest absolute Gasteiger partial charge is 0.454 e. The van der Waals surface area contributed by atoms with Crippen molar-refractivity contribution in [3.63, 3.8) is 0 Å². The number of benzene rings is 1. The molecule has 0 bridgehead atoms. The summed E-state index contributed by atoms with van der Waals surface area (Å²) in [5.41, 5.74) is 0.330. The normalized spacial score (nSPS) is 15.3. The van der Waals surface area contributed by atoms with Crippen molar-refractivity contribution in [2.45, 2.75) is 25.5 Å². The van der Waals surface area contributed by atoms with Gasteiger partial charge < -0.3 is 9.47 Å². The van der Waals surface area contributed by atoms with Gasteiger partial charge in [0.15, 0.2) is 27.1 Å². The zero-order valence-corrected chi connectivity index (χ0v) is 11.7. The number of ketones is 1. The Bertz CT molecular complexity index is 591. The van der Waals surface area contributed by atoms with Gasteiger partial charge in [0, 0.05) is 5.56 Å². The second kappa shape index (κ2) is 5.21. The van der Waals surface area contributed by atoms with Crippen LogP contribution in [0.3, 0.4) is 0 Å². The molecule has 104 valence electrons. The molecule has 1 unspecified atom stereocenters. The highest BCUT2D eigenvalue weighted by Crippen LogP contribution is 2.32. The fraction of sp³-hybridized carbons (Fsp3) is 0.462. The van der Waals surface area contributed by atoms with Gasteiger partial charge in [0.05, 0.1) is 5.25 Å². The molecule has 0 amide bonds. The molecule has 1 atom stereocenters. The first kappa shape index (κ1) is 13.9. The summed E-state index contributed by atoms with van der Waals surface area (Å²) < 4.78 is 34.1. The predicted octanol–water partition coefficient (Wildman–Crippen LogP) is 1.81. The van der Waals surface area contributed by atoms with E-state index in [-0.39, 0.29) is 6.79 Å². The minimum Gasteiger partial charge on any atom is -0.454 e. The van der Waals surface area contributed by atoms with Crippen LogP contribution in [0.4, 0.5) is 0 Å². The summed E-state index contributed by atoms with van der Waals surface area (Å²) in [6, 6.07) is 4.70. The molecule has 1 aliphatic heterocycles.